The van der Waals surface area contributed by atoms with Crippen LogP contribution in [0.4, 0.5) is 0 Å². The van der Waals surface area contributed by atoms with Gasteiger partial charge < -0.3 is 15.2 Å². The summed E-state index contributed by atoms with van der Waals surface area (Å²) in [4.78, 5) is 0. The largest absolute Gasteiger partial charge is 0.490 e. The quantitative estimate of drug-likeness (QED) is 0.764. The SMILES string of the molecule is CC#CCOc1ccc(CCN)cc1OCC. The van der Waals surface area contributed by atoms with Gasteiger partial charge in [-0.15, -0.1) is 5.92 Å². The van der Waals surface area contributed by atoms with Crippen molar-refractivity contribution in [3.63, 3.8) is 0 Å². The van der Waals surface area contributed by atoms with Gasteiger partial charge in [-0.05, 0) is 44.5 Å². The maximum absolute atomic E-state index is 5.54. The molecule has 0 unspecified atom stereocenters. The Morgan fingerprint density at radius 2 is 2.06 bits per heavy atom. The molecule has 3 heteroatoms. The van der Waals surface area contributed by atoms with Crippen molar-refractivity contribution in [2.24, 2.45) is 5.73 Å². The van der Waals surface area contributed by atoms with Crippen LogP contribution in [0.25, 0.3) is 0 Å². The Bertz CT molecular complexity index is 404. The molecule has 0 bridgehead atoms. The molecule has 1 aromatic carbocycles. The molecule has 0 heterocycles. The van der Waals surface area contributed by atoms with Gasteiger partial charge in [-0.2, -0.15) is 0 Å². The van der Waals surface area contributed by atoms with Crippen LogP contribution in [0.15, 0.2) is 18.2 Å². The Morgan fingerprint density at radius 3 is 2.71 bits per heavy atom. The maximum Gasteiger partial charge on any atom is 0.162 e. The molecule has 0 fully saturated rings. The van der Waals surface area contributed by atoms with Gasteiger partial charge in [0.05, 0.1) is 6.61 Å². The molecular weight excluding hydrogens is 214 g/mol. The van der Waals surface area contributed by atoms with E-state index in [0.717, 1.165) is 23.5 Å². The van der Waals surface area contributed by atoms with E-state index in [0.29, 0.717) is 19.8 Å². The molecule has 0 aliphatic heterocycles. The molecule has 92 valence electrons. The van der Waals surface area contributed by atoms with Crippen LogP contribution < -0.4 is 15.2 Å². The van der Waals surface area contributed by atoms with Crippen LogP contribution >= 0.6 is 0 Å². The van der Waals surface area contributed by atoms with Gasteiger partial charge in [0.1, 0.15) is 6.61 Å². The van der Waals surface area contributed by atoms with Crippen LogP contribution in [0.5, 0.6) is 11.5 Å². The lowest BCUT2D eigenvalue weighted by Gasteiger charge is -2.11. The molecular formula is C14H19NO2. The third kappa shape index (κ3) is 4.38. The molecule has 0 radical (unpaired) electrons. The smallest absolute Gasteiger partial charge is 0.162 e. The summed E-state index contributed by atoms with van der Waals surface area (Å²) in [6.07, 6.45) is 0.842. The summed E-state index contributed by atoms with van der Waals surface area (Å²) in [5, 5.41) is 0. The molecule has 0 saturated heterocycles. The fourth-order valence-corrected chi connectivity index (χ4v) is 1.45. The van der Waals surface area contributed by atoms with Gasteiger partial charge in [-0.3, -0.25) is 0 Å². The first-order chi connectivity index (χ1) is 8.31. The first-order valence-electron chi connectivity index (χ1n) is 5.80. The fourth-order valence-electron chi connectivity index (χ4n) is 1.45. The van der Waals surface area contributed by atoms with Gasteiger partial charge in [0.15, 0.2) is 11.5 Å². The van der Waals surface area contributed by atoms with Gasteiger partial charge in [0.2, 0.25) is 0 Å². The Labute approximate surface area is 103 Å². The van der Waals surface area contributed by atoms with Gasteiger partial charge in [-0.25, -0.2) is 0 Å². The highest BCUT2D eigenvalue weighted by atomic mass is 16.5. The topological polar surface area (TPSA) is 44.5 Å². The van der Waals surface area contributed by atoms with E-state index in [9.17, 15) is 0 Å². The number of nitrogens with two attached hydrogens (primary N) is 1. The highest BCUT2D eigenvalue weighted by Gasteiger charge is 2.05. The minimum Gasteiger partial charge on any atom is -0.490 e. The Balaban J connectivity index is 2.81. The van der Waals surface area contributed by atoms with Crippen molar-refractivity contribution in [2.45, 2.75) is 20.3 Å². The van der Waals surface area contributed by atoms with E-state index in [1.54, 1.807) is 6.92 Å². The number of rotatable bonds is 6. The summed E-state index contributed by atoms with van der Waals surface area (Å²) in [7, 11) is 0. The second-order valence-electron chi connectivity index (χ2n) is 3.47. The van der Waals surface area contributed by atoms with E-state index in [1.807, 2.05) is 25.1 Å². The zero-order valence-electron chi connectivity index (χ0n) is 10.5. The molecule has 2 N–H and O–H groups in total. The lowest BCUT2D eigenvalue weighted by molar-refractivity contribution is 0.299. The van der Waals surface area contributed by atoms with Crippen molar-refractivity contribution < 1.29 is 9.47 Å². The monoisotopic (exact) mass is 233 g/mol. The molecule has 0 atom stereocenters. The molecule has 0 spiro atoms. The summed E-state index contributed by atoms with van der Waals surface area (Å²) in [6, 6.07) is 5.89. The van der Waals surface area contributed by atoms with Crippen molar-refractivity contribution >= 4 is 0 Å². The van der Waals surface area contributed by atoms with Crippen molar-refractivity contribution in [3.05, 3.63) is 23.8 Å². The zero-order valence-corrected chi connectivity index (χ0v) is 10.5. The van der Waals surface area contributed by atoms with Crippen LogP contribution in [0.2, 0.25) is 0 Å². The molecule has 0 aliphatic carbocycles. The molecule has 0 amide bonds. The number of hydrogen-bond donors (Lipinski definition) is 1. The van der Waals surface area contributed by atoms with Gasteiger partial charge in [0, 0.05) is 0 Å². The summed E-state index contributed by atoms with van der Waals surface area (Å²) in [5.41, 5.74) is 6.69. The van der Waals surface area contributed by atoms with Crippen molar-refractivity contribution in [2.75, 3.05) is 19.8 Å². The van der Waals surface area contributed by atoms with Crippen molar-refractivity contribution in [3.8, 4) is 23.3 Å². The Kier molecular flexibility index (Phi) is 5.98. The number of hydrogen-bond acceptors (Lipinski definition) is 3. The fraction of sp³-hybridized carbons (Fsp3) is 0.429. The lowest BCUT2D eigenvalue weighted by atomic mass is 10.1. The second-order valence-corrected chi connectivity index (χ2v) is 3.47. The van der Waals surface area contributed by atoms with E-state index < -0.39 is 0 Å². The van der Waals surface area contributed by atoms with Crippen molar-refractivity contribution in [1.29, 1.82) is 0 Å². The predicted molar refractivity (Wildman–Crippen MR) is 69.3 cm³/mol. The highest BCUT2D eigenvalue weighted by Crippen LogP contribution is 2.28. The summed E-state index contributed by atoms with van der Waals surface area (Å²) in [6.45, 7) is 5.37. The first-order valence-corrected chi connectivity index (χ1v) is 5.80. The van der Waals surface area contributed by atoms with E-state index in [1.165, 1.54) is 0 Å². The summed E-state index contributed by atoms with van der Waals surface area (Å²) >= 11 is 0. The third-order valence-corrected chi connectivity index (χ3v) is 2.22. The predicted octanol–water partition coefficient (Wildman–Crippen LogP) is 1.99. The van der Waals surface area contributed by atoms with Crippen LogP contribution in [0, 0.1) is 11.8 Å². The summed E-state index contributed by atoms with van der Waals surface area (Å²) < 4.78 is 11.1. The maximum atomic E-state index is 5.54. The average molecular weight is 233 g/mol. The van der Waals surface area contributed by atoms with E-state index in [2.05, 4.69) is 11.8 Å². The van der Waals surface area contributed by atoms with Gasteiger partial charge in [-0.1, -0.05) is 12.0 Å². The molecule has 0 saturated carbocycles. The zero-order chi connectivity index (χ0) is 12.5. The number of benzene rings is 1. The Hall–Kier alpha value is -1.66. The van der Waals surface area contributed by atoms with Crippen LogP contribution in [0.1, 0.15) is 19.4 Å². The molecule has 1 aromatic rings. The highest BCUT2D eigenvalue weighted by molar-refractivity contribution is 5.43. The van der Waals surface area contributed by atoms with Gasteiger partial charge in [0.25, 0.3) is 0 Å². The molecule has 0 aromatic heterocycles. The Morgan fingerprint density at radius 1 is 1.24 bits per heavy atom. The molecule has 0 aliphatic rings. The second kappa shape index (κ2) is 7.59. The first kappa shape index (κ1) is 13.4. The number of ether oxygens (including phenoxy) is 2. The average Bonchev–Trinajstić information content (AvgIpc) is 2.33. The van der Waals surface area contributed by atoms with Crippen LogP contribution in [0.3, 0.4) is 0 Å². The molecule has 3 nitrogen and oxygen atoms in total. The van der Waals surface area contributed by atoms with Crippen LogP contribution in [-0.4, -0.2) is 19.8 Å². The minimum atomic E-state index is 0.382. The van der Waals surface area contributed by atoms with Crippen LogP contribution in [-0.2, 0) is 6.42 Å². The van der Waals surface area contributed by atoms with Gasteiger partial charge >= 0.3 is 0 Å². The normalized spacial score (nSPS) is 9.35. The molecule has 1 rings (SSSR count). The third-order valence-electron chi connectivity index (χ3n) is 2.22. The standard InChI is InChI=1S/C14H19NO2/c1-3-5-10-17-13-7-6-12(8-9-15)11-14(13)16-4-2/h6-7,11H,4,8-10,15H2,1-2H3. The lowest BCUT2D eigenvalue weighted by Crippen LogP contribution is -2.04. The van der Waals surface area contributed by atoms with E-state index in [4.69, 9.17) is 15.2 Å². The van der Waals surface area contributed by atoms with E-state index >= 15 is 0 Å². The van der Waals surface area contributed by atoms with E-state index in [-0.39, 0.29) is 0 Å². The summed E-state index contributed by atoms with van der Waals surface area (Å²) in [5.74, 6) is 7.14. The van der Waals surface area contributed by atoms with Crippen molar-refractivity contribution in [1.82, 2.24) is 0 Å². The molecule has 17 heavy (non-hydrogen) atoms. The minimum absolute atomic E-state index is 0.382.